The number of amides is 2. The highest BCUT2D eigenvalue weighted by molar-refractivity contribution is 5.76. The molecule has 0 N–H and O–H groups in total. The van der Waals surface area contributed by atoms with Gasteiger partial charge in [-0.15, -0.1) is 0 Å². The Hall–Kier alpha value is -2.04. The van der Waals surface area contributed by atoms with E-state index in [9.17, 15) is 9.59 Å². The molecule has 150 valence electrons. The van der Waals surface area contributed by atoms with E-state index in [-0.39, 0.29) is 12.0 Å². The third kappa shape index (κ3) is 7.61. The molecule has 1 unspecified atom stereocenters. The maximum absolute atomic E-state index is 12.6. The number of hydrogen-bond donors (Lipinski definition) is 0. The first-order valence-corrected chi connectivity index (χ1v) is 10.0. The molecule has 1 saturated heterocycles. The first-order chi connectivity index (χ1) is 12.7. The lowest BCUT2D eigenvalue weighted by atomic mass is 9.97. The van der Waals surface area contributed by atoms with Crippen molar-refractivity contribution in [3.63, 3.8) is 0 Å². The van der Waals surface area contributed by atoms with Crippen LogP contribution >= 0.6 is 0 Å². The summed E-state index contributed by atoms with van der Waals surface area (Å²) in [6, 6.07) is 10.3. The van der Waals surface area contributed by atoms with Gasteiger partial charge in [0.1, 0.15) is 5.60 Å². The predicted molar refractivity (Wildman–Crippen MR) is 108 cm³/mol. The van der Waals surface area contributed by atoms with Crippen molar-refractivity contribution in [1.29, 1.82) is 0 Å². The monoisotopic (exact) mass is 374 g/mol. The van der Waals surface area contributed by atoms with Gasteiger partial charge in [0, 0.05) is 33.1 Å². The van der Waals surface area contributed by atoms with Crippen molar-refractivity contribution in [1.82, 2.24) is 9.80 Å². The third-order valence-electron chi connectivity index (χ3n) is 4.81. The molecule has 0 aromatic heterocycles. The van der Waals surface area contributed by atoms with Gasteiger partial charge in [0.2, 0.25) is 5.91 Å². The van der Waals surface area contributed by atoms with Crippen LogP contribution in [0.15, 0.2) is 30.3 Å². The van der Waals surface area contributed by atoms with Crippen molar-refractivity contribution >= 4 is 12.0 Å². The number of ether oxygens (including phenoxy) is 1. The summed E-state index contributed by atoms with van der Waals surface area (Å²) >= 11 is 0. The molecule has 2 rings (SSSR count). The van der Waals surface area contributed by atoms with Crippen LogP contribution in [0.4, 0.5) is 4.79 Å². The summed E-state index contributed by atoms with van der Waals surface area (Å²) in [6.45, 7) is 7.80. The van der Waals surface area contributed by atoms with Crippen LogP contribution < -0.4 is 0 Å². The van der Waals surface area contributed by atoms with Crippen molar-refractivity contribution in [3.8, 4) is 0 Å². The summed E-state index contributed by atoms with van der Waals surface area (Å²) < 4.78 is 5.42. The first-order valence-electron chi connectivity index (χ1n) is 10.0. The molecule has 1 aliphatic rings. The second-order valence-corrected chi connectivity index (χ2v) is 8.55. The summed E-state index contributed by atoms with van der Waals surface area (Å²) in [7, 11) is 1.77. The Morgan fingerprint density at radius 2 is 1.93 bits per heavy atom. The molecule has 1 atom stereocenters. The largest absolute Gasteiger partial charge is 0.444 e. The fourth-order valence-corrected chi connectivity index (χ4v) is 3.49. The molecule has 0 bridgehead atoms. The minimum Gasteiger partial charge on any atom is -0.444 e. The smallest absolute Gasteiger partial charge is 0.410 e. The summed E-state index contributed by atoms with van der Waals surface area (Å²) in [4.78, 5) is 28.3. The van der Waals surface area contributed by atoms with Crippen molar-refractivity contribution < 1.29 is 14.3 Å². The highest BCUT2D eigenvalue weighted by atomic mass is 16.6. The van der Waals surface area contributed by atoms with Gasteiger partial charge < -0.3 is 14.5 Å². The molecule has 1 aromatic carbocycles. The first kappa shape index (κ1) is 21.3. The Kier molecular flexibility index (Phi) is 7.69. The summed E-state index contributed by atoms with van der Waals surface area (Å²) in [5.41, 5.74) is 0.791. The minimum absolute atomic E-state index is 0.232. The van der Waals surface area contributed by atoms with Crippen molar-refractivity contribution in [2.24, 2.45) is 5.92 Å². The average Bonchev–Trinajstić information content (AvgIpc) is 2.61. The highest BCUT2D eigenvalue weighted by Gasteiger charge is 2.27. The zero-order valence-corrected chi connectivity index (χ0v) is 17.2. The van der Waals surface area contributed by atoms with Crippen LogP contribution in [0.5, 0.6) is 0 Å². The molecule has 5 nitrogen and oxygen atoms in total. The lowest BCUT2D eigenvalue weighted by Crippen LogP contribution is -2.45. The number of carbonyl (C=O) groups is 2. The van der Waals surface area contributed by atoms with Gasteiger partial charge in [0.15, 0.2) is 0 Å². The molecule has 0 radical (unpaired) electrons. The van der Waals surface area contributed by atoms with Gasteiger partial charge in [-0.2, -0.15) is 0 Å². The second kappa shape index (κ2) is 9.77. The lowest BCUT2D eigenvalue weighted by Gasteiger charge is -2.35. The molecule has 0 aliphatic carbocycles. The van der Waals surface area contributed by atoms with Gasteiger partial charge in [-0.25, -0.2) is 4.79 Å². The number of nitrogens with zero attached hydrogens (tertiary/aromatic N) is 2. The van der Waals surface area contributed by atoms with Crippen LogP contribution in [0.3, 0.4) is 0 Å². The Morgan fingerprint density at radius 3 is 2.59 bits per heavy atom. The van der Waals surface area contributed by atoms with Crippen LogP contribution in [0.2, 0.25) is 0 Å². The van der Waals surface area contributed by atoms with Crippen LogP contribution in [-0.2, 0) is 16.0 Å². The number of aryl methyl sites for hydroxylation is 1. The number of benzene rings is 1. The number of hydrogen-bond acceptors (Lipinski definition) is 3. The van der Waals surface area contributed by atoms with E-state index in [0.29, 0.717) is 18.9 Å². The molecule has 27 heavy (non-hydrogen) atoms. The second-order valence-electron chi connectivity index (χ2n) is 8.55. The quantitative estimate of drug-likeness (QED) is 0.753. The van der Waals surface area contributed by atoms with Crippen LogP contribution in [0, 0.1) is 5.92 Å². The molecule has 5 heteroatoms. The van der Waals surface area contributed by atoms with Gasteiger partial charge in [-0.3, -0.25) is 4.79 Å². The van der Waals surface area contributed by atoms with E-state index in [1.54, 1.807) is 11.9 Å². The molecule has 1 aliphatic heterocycles. The van der Waals surface area contributed by atoms with Crippen LogP contribution in [0.25, 0.3) is 0 Å². The maximum Gasteiger partial charge on any atom is 0.410 e. The molecule has 2 amide bonds. The summed E-state index contributed by atoms with van der Waals surface area (Å²) in [6.07, 6.45) is 4.14. The molecule has 1 heterocycles. The van der Waals surface area contributed by atoms with E-state index < -0.39 is 5.60 Å². The third-order valence-corrected chi connectivity index (χ3v) is 4.81. The zero-order valence-electron chi connectivity index (χ0n) is 17.2. The topological polar surface area (TPSA) is 49.9 Å². The van der Waals surface area contributed by atoms with E-state index >= 15 is 0 Å². The van der Waals surface area contributed by atoms with Crippen LogP contribution in [-0.4, -0.2) is 54.1 Å². The SMILES string of the molecule is CN(CC1CCCN(C(=O)CCCc2ccccc2)C1)C(=O)OC(C)(C)C. The summed E-state index contributed by atoms with van der Waals surface area (Å²) in [5, 5.41) is 0. The van der Waals surface area contributed by atoms with Gasteiger partial charge in [0.25, 0.3) is 0 Å². The van der Waals surface area contributed by atoms with Crippen molar-refractivity contribution in [2.75, 3.05) is 26.7 Å². The van der Waals surface area contributed by atoms with Gasteiger partial charge in [0.05, 0.1) is 0 Å². The Labute approximate surface area is 163 Å². The zero-order chi connectivity index (χ0) is 19.9. The summed E-state index contributed by atoms with van der Waals surface area (Å²) in [5.74, 6) is 0.546. The minimum atomic E-state index is -0.487. The normalized spacial score (nSPS) is 17.5. The number of likely N-dealkylation sites (tertiary alicyclic amines) is 1. The molecule has 1 aromatic rings. The van der Waals surface area contributed by atoms with E-state index in [1.165, 1.54) is 5.56 Å². The number of carbonyl (C=O) groups excluding carboxylic acids is 2. The number of rotatable bonds is 6. The van der Waals surface area contributed by atoms with Crippen LogP contribution in [0.1, 0.15) is 52.0 Å². The van der Waals surface area contributed by atoms with Crippen molar-refractivity contribution in [3.05, 3.63) is 35.9 Å². The van der Waals surface area contributed by atoms with E-state index in [1.807, 2.05) is 43.9 Å². The predicted octanol–water partition coefficient (Wildman–Crippen LogP) is 4.11. The van der Waals surface area contributed by atoms with E-state index in [4.69, 9.17) is 4.74 Å². The Balaban J connectivity index is 1.75. The van der Waals surface area contributed by atoms with E-state index in [0.717, 1.165) is 38.8 Å². The molecule has 0 spiro atoms. The molecular weight excluding hydrogens is 340 g/mol. The van der Waals surface area contributed by atoms with E-state index in [2.05, 4.69) is 12.1 Å². The fraction of sp³-hybridized carbons (Fsp3) is 0.636. The fourth-order valence-electron chi connectivity index (χ4n) is 3.49. The molecule has 1 fully saturated rings. The van der Waals surface area contributed by atoms with Gasteiger partial charge in [-0.1, -0.05) is 30.3 Å². The maximum atomic E-state index is 12.6. The van der Waals surface area contributed by atoms with Gasteiger partial charge >= 0.3 is 6.09 Å². The lowest BCUT2D eigenvalue weighted by molar-refractivity contribution is -0.133. The Morgan fingerprint density at radius 1 is 1.22 bits per heavy atom. The Bertz CT molecular complexity index is 610. The van der Waals surface area contributed by atoms with Gasteiger partial charge in [-0.05, 0) is 57.9 Å². The molecular formula is C22H34N2O3. The highest BCUT2D eigenvalue weighted by Crippen LogP contribution is 2.20. The average molecular weight is 375 g/mol. The van der Waals surface area contributed by atoms with Crippen molar-refractivity contribution in [2.45, 2.75) is 58.5 Å². The molecule has 0 saturated carbocycles. The standard InChI is InChI=1S/C22H34N2O3/c1-22(2,3)27-21(26)23(4)16-19-13-9-15-24(17-19)20(25)14-8-12-18-10-6-5-7-11-18/h5-7,10-11,19H,8-9,12-17H2,1-4H3. The number of piperidine rings is 1.